The Labute approximate surface area is 122 Å². The van der Waals surface area contributed by atoms with Crippen LogP contribution in [0.25, 0.3) is 0 Å². The van der Waals surface area contributed by atoms with Gasteiger partial charge in [-0.2, -0.15) is 15.8 Å². The molecule has 0 amide bonds. The van der Waals surface area contributed by atoms with Crippen LogP contribution in [0.5, 0.6) is 0 Å². The summed E-state index contributed by atoms with van der Waals surface area (Å²) in [6.07, 6.45) is 1.61. The Kier molecular flexibility index (Phi) is 4.59. The quantitative estimate of drug-likeness (QED) is 0.585. The molecule has 100 valence electrons. The fourth-order valence-electron chi connectivity index (χ4n) is 1.87. The Balaban J connectivity index is 3.28. The number of hydrogen-bond donors (Lipinski definition) is 0. The van der Waals surface area contributed by atoms with Gasteiger partial charge in [0.15, 0.2) is 0 Å². The predicted molar refractivity (Wildman–Crippen MR) is 76.7 cm³/mol. The number of thiocyanates is 1. The average Bonchev–Trinajstić information content (AvgIpc) is 2.52. The van der Waals surface area contributed by atoms with Crippen LogP contribution in [0.15, 0.2) is 11.0 Å². The summed E-state index contributed by atoms with van der Waals surface area (Å²) in [6.45, 7) is 7.51. The Morgan fingerprint density at radius 2 is 2.00 bits per heavy atom. The van der Waals surface area contributed by atoms with Gasteiger partial charge in [0, 0.05) is 11.0 Å². The molecular weight excluding hydrogens is 278 g/mol. The molecule has 1 saturated heterocycles. The number of allylic oxidation sites excluding steroid dienone is 1. The van der Waals surface area contributed by atoms with E-state index in [1.165, 1.54) is 17.8 Å². The predicted octanol–water partition coefficient (Wildman–Crippen LogP) is 3.54. The third-order valence-electron chi connectivity index (χ3n) is 3.01. The Morgan fingerprint density at radius 1 is 1.37 bits per heavy atom. The first kappa shape index (κ1) is 15.9. The zero-order valence-corrected chi connectivity index (χ0v) is 13.0. The second-order valence-electron chi connectivity index (χ2n) is 5.14. The van der Waals surface area contributed by atoms with Crippen molar-refractivity contribution in [3.8, 4) is 17.5 Å². The summed E-state index contributed by atoms with van der Waals surface area (Å²) in [5.74, 6) is 0. The molecule has 0 spiro atoms. The first-order chi connectivity index (χ1) is 8.74. The van der Waals surface area contributed by atoms with Gasteiger partial charge >= 0.3 is 0 Å². The molecule has 1 rings (SSSR count). The van der Waals surface area contributed by atoms with Crippen molar-refractivity contribution in [2.75, 3.05) is 0 Å². The van der Waals surface area contributed by atoms with Crippen molar-refractivity contribution in [3.63, 3.8) is 0 Å². The van der Waals surface area contributed by atoms with Crippen LogP contribution in [0.3, 0.4) is 0 Å². The lowest BCUT2D eigenvalue weighted by Gasteiger charge is -2.39. The van der Waals surface area contributed by atoms with Gasteiger partial charge in [0.1, 0.15) is 10.3 Å². The monoisotopic (exact) mass is 293 g/mol. The molecule has 0 aliphatic carbocycles. The van der Waals surface area contributed by atoms with Crippen molar-refractivity contribution >= 4 is 23.5 Å². The van der Waals surface area contributed by atoms with E-state index in [1.807, 2.05) is 33.8 Å². The minimum atomic E-state index is -0.825. The molecule has 1 unspecified atom stereocenters. The molecule has 0 aromatic heterocycles. The first-order valence-corrected chi connectivity index (χ1v) is 7.31. The zero-order chi connectivity index (χ0) is 14.7. The molecule has 6 heteroatoms. The van der Waals surface area contributed by atoms with Crippen LogP contribution >= 0.6 is 23.5 Å². The molecule has 0 saturated carbocycles. The highest BCUT2D eigenvalue weighted by Crippen LogP contribution is 2.59. The van der Waals surface area contributed by atoms with E-state index in [4.69, 9.17) is 20.5 Å². The lowest BCUT2D eigenvalue weighted by molar-refractivity contribution is -0.0622. The highest BCUT2D eigenvalue weighted by Gasteiger charge is 2.57. The normalized spacial score (nSPS) is 27.5. The molecule has 19 heavy (non-hydrogen) atoms. The largest absolute Gasteiger partial charge is 0.350 e. The maximum atomic E-state index is 9.09. The lowest BCUT2D eigenvalue weighted by Crippen LogP contribution is -2.46. The van der Waals surface area contributed by atoms with Crippen molar-refractivity contribution in [2.24, 2.45) is 0 Å². The molecule has 0 aromatic carbocycles. The fraction of sp³-hybridized carbons (Fsp3) is 0.615. The van der Waals surface area contributed by atoms with Crippen LogP contribution in [0, 0.1) is 33.3 Å². The van der Waals surface area contributed by atoms with E-state index >= 15 is 0 Å². The van der Waals surface area contributed by atoms with E-state index in [0.717, 1.165) is 16.7 Å². The summed E-state index contributed by atoms with van der Waals surface area (Å²) in [4.78, 5) is -0.0363. The smallest absolute Gasteiger partial charge is 0.147 e. The third kappa shape index (κ3) is 2.90. The van der Waals surface area contributed by atoms with Crippen molar-refractivity contribution in [2.45, 2.75) is 49.4 Å². The number of rotatable bonds is 3. The van der Waals surface area contributed by atoms with Gasteiger partial charge in [0.2, 0.25) is 0 Å². The highest BCUT2D eigenvalue weighted by molar-refractivity contribution is 8.08. The van der Waals surface area contributed by atoms with Gasteiger partial charge < -0.3 is 4.74 Å². The van der Waals surface area contributed by atoms with Crippen LogP contribution in [-0.4, -0.2) is 15.3 Å². The molecule has 1 fully saturated rings. The van der Waals surface area contributed by atoms with Gasteiger partial charge in [-0.25, -0.2) is 0 Å². The van der Waals surface area contributed by atoms with Crippen LogP contribution in [0.2, 0.25) is 0 Å². The van der Waals surface area contributed by atoms with Crippen LogP contribution in [-0.2, 0) is 4.74 Å². The Hall–Kier alpha value is -1.13. The van der Waals surface area contributed by atoms with Crippen LogP contribution in [0.1, 0.15) is 34.1 Å². The van der Waals surface area contributed by atoms with Crippen molar-refractivity contribution in [3.05, 3.63) is 11.0 Å². The van der Waals surface area contributed by atoms with E-state index in [0.29, 0.717) is 0 Å². The van der Waals surface area contributed by atoms with Crippen LogP contribution < -0.4 is 0 Å². The summed E-state index contributed by atoms with van der Waals surface area (Å²) < 4.78 is 5.54. The second kappa shape index (κ2) is 5.47. The summed E-state index contributed by atoms with van der Waals surface area (Å²) in [6, 6.07) is 4.15. The molecule has 1 heterocycles. The van der Waals surface area contributed by atoms with E-state index < -0.39 is 15.3 Å². The average molecular weight is 293 g/mol. The molecule has 0 bridgehead atoms. The Bertz CT molecular complexity index is 519. The van der Waals surface area contributed by atoms with E-state index in [9.17, 15) is 0 Å². The molecule has 1 atom stereocenters. The number of nitriles is 3. The zero-order valence-electron chi connectivity index (χ0n) is 11.4. The summed E-state index contributed by atoms with van der Waals surface area (Å²) in [5.41, 5.74) is -0.621. The van der Waals surface area contributed by atoms with Crippen molar-refractivity contribution < 1.29 is 4.74 Å². The molecule has 1 aliphatic rings. The lowest BCUT2D eigenvalue weighted by atomic mass is 10.0. The molecule has 0 N–H and O–H groups in total. The Morgan fingerprint density at radius 3 is 2.47 bits per heavy atom. The SMILES string of the molecule is CC1(C)OC(CC#N)(C(C)(C)SC#N)SC1=CC#N. The molecule has 0 aromatic rings. The molecule has 1 aliphatic heterocycles. The van der Waals surface area contributed by atoms with Crippen LogP contribution in [0.4, 0.5) is 0 Å². The summed E-state index contributed by atoms with van der Waals surface area (Å²) >= 11 is 2.47. The third-order valence-corrected chi connectivity index (χ3v) is 5.97. The molecule has 4 nitrogen and oxygen atoms in total. The summed E-state index contributed by atoms with van der Waals surface area (Å²) in [7, 11) is 0. The molecular formula is C13H15N3OS2. The maximum Gasteiger partial charge on any atom is 0.147 e. The number of hydrogen-bond acceptors (Lipinski definition) is 6. The summed E-state index contributed by atoms with van der Waals surface area (Å²) in [5, 5.41) is 29.0. The number of ether oxygens (including phenoxy) is 1. The molecule has 0 radical (unpaired) electrons. The minimum absolute atomic E-state index is 0.158. The first-order valence-electron chi connectivity index (χ1n) is 5.68. The van der Waals surface area contributed by atoms with Gasteiger partial charge in [-0.05, 0) is 39.5 Å². The van der Waals surface area contributed by atoms with Gasteiger partial charge in [0.25, 0.3) is 0 Å². The van der Waals surface area contributed by atoms with E-state index in [2.05, 4.69) is 11.5 Å². The van der Waals surface area contributed by atoms with E-state index in [-0.39, 0.29) is 6.42 Å². The number of nitrogens with zero attached hydrogens (tertiary/aromatic N) is 3. The second-order valence-corrected chi connectivity index (χ2v) is 7.85. The highest BCUT2D eigenvalue weighted by atomic mass is 32.2. The van der Waals surface area contributed by atoms with Gasteiger partial charge in [-0.15, -0.1) is 0 Å². The van der Waals surface area contributed by atoms with Gasteiger partial charge in [0.05, 0.1) is 28.9 Å². The van der Waals surface area contributed by atoms with Gasteiger partial charge in [-0.3, -0.25) is 0 Å². The number of thioether (sulfide) groups is 2. The maximum absolute atomic E-state index is 9.09. The fourth-order valence-corrected chi connectivity index (χ4v) is 4.01. The van der Waals surface area contributed by atoms with Crippen molar-refractivity contribution in [1.82, 2.24) is 0 Å². The van der Waals surface area contributed by atoms with Gasteiger partial charge in [-0.1, -0.05) is 11.8 Å². The standard InChI is InChI=1S/C13H15N3OS2/c1-11(2)10(5-7-14)19-13(17-11,6-8-15)12(3,4)18-9-16/h5H,6H2,1-4H3. The van der Waals surface area contributed by atoms with E-state index in [1.54, 1.807) is 0 Å². The minimum Gasteiger partial charge on any atom is -0.350 e. The topological polar surface area (TPSA) is 80.6 Å². The van der Waals surface area contributed by atoms with Crippen molar-refractivity contribution in [1.29, 1.82) is 15.8 Å².